The van der Waals surface area contributed by atoms with Gasteiger partial charge in [0.25, 0.3) is 0 Å². The highest BCUT2D eigenvalue weighted by molar-refractivity contribution is 7.21. The molecule has 6 heteroatoms. The fourth-order valence-electron chi connectivity index (χ4n) is 3.79. The van der Waals surface area contributed by atoms with Crippen LogP contribution in [0.5, 0.6) is 0 Å². The molecule has 2 N–H and O–H groups in total. The zero-order valence-electron chi connectivity index (χ0n) is 17.4. The summed E-state index contributed by atoms with van der Waals surface area (Å²) in [5.74, 6) is -0.113. The quantitative estimate of drug-likeness (QED) is 0.389. The number of nitrogens with zero attached hydrogens (tertiary/aromatic N) is 1. The Labute approximate surface area is 179 Å². The summed E-state index contributed by atoms with van der Waals surface area (Å²) in [4.78, 5) is 32.7. The van der Waals surface area contributed by atoms with Gasteiger partial charge < -0.3 is 10.3 Å². The minimum Gasteiger partial charge on any atom is -0.375 e. The first-order valence-corrected chi connectivity index (χ1v) is 10.6. The second-order valence-electron chi connectivity index (χ2n) is 7.48. The molecular weight excluding hydrogens is 394 g/mol. The summed E-state index contributed by atoms with van der Waals surface area (Å²) in [5.41, 5.74) is 5.36. The lowest BCUT2D eigenvalue weighted by Crippen LogP contribution is -2.27. The predicted octanol–water partition coefficient (Wildman–Crippen LogP) is 5.79. The SMILES string of the molecule is CC(=O)c1c(C)[nH]c(C(=O)C(C)Nc2cccc(-c3nc4ccccc4s3)c2)c1C. The van der Waals surface area contributed by atoms with Crippen LogP contribution in [0.4, 0.5) is 5.69 Å². The molecule has 1 unspecified atom stereocenters. The number of anilines is 1. The molecule has 0 aliphatic heterocycles. The van der Waals surface area contributed by atoms with E-state index in [0.29, 0.717) is 16.8 Å². The van der Waals surface area contributed by atoms with Crippen molar-refractivity contribution in [1.29, 1.82) is 0 Å². The lowest BCUT2D eigenvalue weighted by Gasteiger charge is -2.15. The normalized spacial score (nSPS) is 12.1. The number of fused-ring (bicyclic) bond motifs is 1. The Hall–Kier alpha value is -3.25. The number of nitrogens with one attached hydrogen (secondary N) is 2. The van der Waals surface area contributed by atoms with Gasteiger partial charge in [0, 0.05) is 22.5 Å². The van der Waals surface area contributed by atoms with Gasteiger partial charge in [0.2, 0.25) is 5.78 Å². The first kappa shape index (κ1) is 20.0. The standard InChI is InChI=1S/C24H23N3O2S/c1-13-21(16(4)28)14(2)26-22(13)23(29)15(3)25-18-9-7-8-17(12-18)24-27-19-10-5-6-11-20(19)30-24/h5-12,15,25-26H,1-4H3. The van der Waals surface area contributed by atoms with Gasteiger partial charge in [-0.25, -0.2) is 4.98 Å². The van der Waals surface area contributed by atoms with Crippen molar-refractivity contribution in [3.05, 3.63) is 71.0 Å². The van der Waals surface area contributed by atoms with Crippen molar-refractivity contribution in [2.24, 2.45) is 0 Å². The highest BCUT2D eigenvalue weighted by Gasteiger charge is 2.23. The predicted molar refractivity (Wildman–Crippen MR) is 123 cm³/mol. The van der Waals surface area contributed by atoms with E-state index in [-0.39, 0.29) is 11.6 Å². The molecule has 2 aromatic carbocycles. The summed E-state index contributed by atoms with van der Waals surface area (Å²) in [6, 6.07) is 15.5. The molecule has 5 nitrogen and oxygen atoms in total. The number of carbonyl (C=O) groups is 2. The van der Waals surface area contributed by atoms with Gasteiger partial charge in [-0.3, -0.25) is 9.59 Å². The van der Waals surface area contributed by atoms with Crippen LogP contribution in [0.3, 0.4) is 0 Å². The molecule has 0 bridgehead atoms. The Morgan fingerprint density at radius 3 is 2.57 bits per heavy atom. The van der Waals surface area contributed by atoms with Gasteiger partial charge >= 0.3 is 0 Å². The lowest BCUT2D eigenvalue weighted by molar-refractivity contribution is 0.0970. The average Bonchev–Trinajstić information content (AvgIpc) is 3.28. The Kier molecular flexibility index (Phi) is 5.26. The van der Waals surface area contributed by atoms with Gasteiger partial charge in [0.05, 0.1) is 22.0 Å². The number of hydrogen-bond acceptors (Lipinski definition) is 5. The van der Waals surface area contributed by atoms with E-state index in [1.54, 1.807) is 11.3 Å². The molecule has 2 aromatic heterocycles. The van der Waals surface area contributed by atoms with Crippen molar-refractivity contribution in [3.63, 3.8) is 0 Å². The Bertz CT molecular complexity index is 1240. The molecule has 0 saturated carbocycles. The van der Waals surface area contributed by atoms with E-state index >= 15 is 0 Å². The van der Waals surface area contributed by atoms with Crippen molar-refractivity contribution in [3.8, 4) is 10.6 Å². The Balaban J connectivity index is 1.57. The number of aromatic nitrogens is 2. The monoisotopic (exact) mass is 417 g/mol. The third-order valence-electron chi connectivity index (χ3n) is 5.22. The molecule has 0 aliphatic carbocycles. The fraction of sp³-hybridized carbons (Fsp3) is 0.208. The average molecular weight is 418 g/mol. The van der Waals surface area contributed by atoms with Crippen molar-refractivity contribution >= 4 is 38.8 Å². The van der Waals surface area contributed by atoms with E-state index < -0.39 is 6.04 Å². The highest BCUT2D eigenvalue weighted by atomic mass is 32.1. The van der Waals surface area contributed by atoms with Crippen molar-refractivity contribution in [2.75, 3.05) is 5.32 Å². The molecule has 0 saturated heterocycles. The number of aryl methyl sites for hydroxylation is 1. The number of aromatic amines is 1. The van der Waals surface area contributed by atoms with Gasteiger partial charge in [0.15, 0.2) is 5.78 Å². The third kappa shape index (κ3) is 3.66. The number of H-pyrrole nitrogens is 1. The Morgan fingerprint density at radius 2 is 1.87 bits per heavy atom. The van der Waals surface area contributed by atoms with Crippen LogP contribution >= 0.6 is 11.3 Å². The minimum absolute atomic E-state index is 0.0375. The summed E-state index contributed by atoms with van der Waals surface area (Å²) in [6.07, 6.45) is 0. The fourth-order valence-corrected chi connectivity index (χ4v) is 4.76. The molecule has 152 valence electrons. The third-order valence-corrected chi connectivity index (χ3v) is 6.30. The van der Waals surface area contributed by atoms with E-state index in [9.17, 15) is 9.59 Å². The maximum atomic E-state index is 13.0. The molecule has 0 spiro atoms. The van der Waals surface area contributed by atoms with Crippen molar-refractivity contribution in [2.45, 2.75) is 33.7 Å². The molecule has 4 aromatic rings. The summed E-state index contributed by atoms with van der Waals surface area (Å²) in [5, 5.41) is 4.24. The van der Waals surface area contributed by atoms with Crippen LogP contribution in [0.1, 0.15) is 46.0 Å². The van der Waals surface area contributed by atoms with Crippen LogP contribution in [0, 0.1) is 13.8 Å². The van der Waals surface area contributed by atoms with Gasteiger partial charge in [-0.1, -0.05) is 24.3 Å². The van der Waals surface area contributed by atoms with Gasteiger partial charge in [0.1, 0.15) is 5.01 Å². The van der Waals surface area contributed by atoms with Crippen LogP contribution in [0.25, 0.3) is 20.8 Å². The van der Waals surface area contributed by atoms with Crippen LogP contribution < -0.4 is 5.32 Å². The molecule has 0 amide bonds. The van der Waals surface area contributed by atoms with Gasteiger partial charge in [-0.2, -0.15) is 0 Å². The zero-order chi connectivity index (χ0) is 21.4. The van der Waals surface area contributed by atoms with Crippen LogP contribution in [0.2, 0.25) is 0 Å². The second-order valence-corrected chi connectivity index (χ2v) is 8.51. The molecular formula is C24H23N3O2S. The van der Waals surface area contributed by atoms with E-state index in [4.69, 9.17) is 4.98 Å². The number of para-hydroxylation sites is 1. The molecule has 0 radical (unpaired) electrons. The largest absolute Gasteiger partial charge is 0.375 e. The van der Waals surface area contributed by atoms with E-state index in [2.05, 4.69) is 16.4 Å². The summed E-state index contributed by atoms with van der Waals surface area (Å²) in [6.45, 7) is 6.98. The van der Waals surface area contributed by atoms with E-state index in [0.717, 1.165) is 32.2 Å². The number of rotatable bonds is 6. The summed E-state index contributed by atoms with van der Waals surface area (Å²) >= 11 is 1.65. The topological polar surface area (TPSA) is 74.8 Å². The van der Waals surface area contributed by atoms with Gasteiger partial charge in [-0.05, 0) is 57.5 Å². The maximum Gasteiger partial charge on any atom is 0.201 e. The number of hydrogen-bond donors (Lipinski definition) is 2. The van der Waals surface area contributed by atoms with Gasteiger partial charge in [-0.15, -0.1) is 11.3 Å². The second kappa shape index (κ2) is 7.88. The Morgan fingerprint density at radius 1 is 1.10 bits per heavy atom. The van der Waals surface area contributed by atoms with E-state index in [1.807, 2.05) is 63.2 Å². The van der Waals surface area contributed by atoms with Crippen LogP contribution in [-0.4, -0.2) is 27.6 Å². The maximum absolute atomic E-state index is 13.0. The smallest absolute Gasteiger partial charge is 0.201 e. The first-order valence-electron chi connectivity index (χ1n) is 9.82. The number of benzene rings is 2. The molecule has 2 heterocycles. The summed E-state index contributed by atoms with van der Waals surface area (Å²) < 4.78 is 1.15. The molecule has 0 aliphatic rings. The number of carbonyl (C=O) groups excluding carboxylic acids is 2. The number of ketones is 2. The molecule has 1 atom stereocenters. The number of thiazole rings is 1. The van der Waals surface area contributed by atoms with Crippen LogP contribution in [-0.2, 0) is 0 Å². The van der Waals surface area contributed by atoms with Crippen LogP contribution in [0.15, 0.2) is 48.5 Å². The summed E-state index contributed by atoms with van der Waals surface area (Å²) in [7, 11) is 0. The molecule has 4 rings (SSSR count). The molecule has 30 heavy (non-hydrogen) atoms. The minimum atomic E-state index is -0.452. The molecule has 0 fully saturated rings. The van der Waals surface area contributed by atoms with Crippen molar-refractivity contribution in [1.82, 2.24) is 9.97 Å². The van der Waals surface area contributed by atoms with Crippen molar-refractivity contribution < 1.29 is 9.59 Å². The van der Waals surface area contributed by atoms with E-state index in [1.165, 1.54) is 6.92 Å². The number of Topliss-reactive ketones (excluding diaryl/α,β-unsaturated/α-hetero) is 2. The highest BCUT2D eigenvalue weighted by Crippen LogP contribution is 2.31. The first-order chi connectivity index (χ1) is 14.3. The zero-order valence-corrected chi connectivity index (χ0v) is 18.2. The lowest BCUT2D eigenvalue weighted by atomic mass is 10.0.